The van der Waals surface area contributed by atoms with E-state index in [1.807, 2.05) is 24.4 Å². The van der Waals surface area contributed by atoms with Crippen molar-refractivity contribution in [3.8, 4) is 5.75 Å². The van der Waals surface area contributed by atoms with Crippen molar-refractivity contribution < 1.29 is 14.3 Å². The van der Waals surface area contributed by atoms with Gasteiger partial charge in [-0.1, -0.05) is 0 Å². The molecule has 3 amide bonds. The van der Waals surface area contributed by atoms with Gasteiger partial charge in [0.05, 0.1) is 7.11 Å². The Morgan fingerprint density at radius 3 is 2.48 bits per heavy atom. The molecule has 0 aliphatic heterocycles. The smallest absolute Gasteiger partial charge is 0.319 e. The summed E-state index contributed by atoms with van der Waals surface area (Å²) in [6, 6.07) is 12.7. The number of H-pyrrole nitrogens is 1. The number of benzene rings is 2. The topological polar surface area (TPSA) is 95.2 Å². The number of aromatic amines is 1. The molecule has 0 atom stereocenters. The normalized spacial score (nSPS) is 13.1. The minimum Gasteiger partial charge on any atom is -0.497 e. The molecule has 0 unspecified atom stereocenters. The number of amides is 3. The average Bonchev–Trinajstić information content (AvgIpc) is 3.51. The Morgan fingerprint density at radius 1 is 1.07 bits per heavy atom. The van der Waals surface area contributed by atoms with Gasteiger partial charge in [-0.2, -0.15) is 0 Å². The second kappa shape index (κ2) is 8.26. The van der Waals surface area contributed by atoms with Gasteiger partial charge in [-0.05, 0) is 67.3 Å². The summed E-state index contributed by atoms with van der Waals surface area (Å²) >= 11 is 0. The molecule has 0 radical (unpaired) electrons. The predicted molar refractivity (Wildman–Crippen MR) is 113 cm³/mol. The van der Waals surface area contributed by atoms with E-state index in [0.29, 0.717) is 18.7 Å². The quantitative estimate of drug-likeness (QED) is 0.491. The van der Waals surface area contributed by atoms with Gasteiger partial charge >= 0.3 is 6.03 Å². The van der Waals surface area contributed by atoms with Crippen LogP contribution in [0.1, 0.15) is 18.4 Å². The third-order valence-electron chi connectivity index (χ3n) is 5.01. The molecule has 1 saturated carbocycles. The van der Waals surface area contributed by atoms with Gasteiger partial charge in [0.15, 0.2) is 0 Å². The number of nitrogens with one attached hydrogen (secondary N) is 4. The molecule has 0 spiro atoms. The molecule has 7 heteroatoms. The fourth-order valence-electron chi connectivity index (χ4n) is 3.20. The van der Waals surface area contributed by atoms with Gasteiger partial charge in [0.1, 0.15) is 5.75 Å². The molecule has 1 heterocycles. The maximum Gasteiger partial charge on any atom is 0.319 e. The molecule has 4 N–H and O–H groups in total. The van der Waals surface area contributed by atoms with Crippen molar-refractivity contribution in [2.75, 3.05) is 24.3 Å². The Bertz CT molecular complexity index is 1020. The number of aromatic nitrogens is 1. The highest BCUT2D eigenvalue weighted by atomic mass is 16.5. The number of hydrogen-bond donors (Lipinski definition) is 4. The Labute approximate surface area is 168 Å². The number of hydrogen-bond acceptors (Lipinski definition) is 3. The number of rotatable bonds is 7. The maximum absolute atomic E-state index is 12.1. The van der Waals surface area contributed by atoms with Crippen LogP contribution < -0.4 is 20.7 Å². The molecule has 150 valence electrons. The molecule has 3 aromatic rings. The summed E-state index contributed by atoms with van der Waals surface area (Å²) in [5.41, 5.74) is 3.57. The van der Waals surface area contributed by atoms with Crippen LogP contribution in [0.25, 0.3) is 10.9 Å². The lowest BCUT2D eigenvalue weighted by molar-refractivity contribution is -0.117. The molecule has 7 nitrogen and oxygen atoms in total. The zero-order valence-corrected chi connectivity index (χ0v) is 16.2. The first-order chi connectivity index (χ1) is 14.1. The number of urea groups is 1. The predicted octanol–water partition coefficient (Wildman–Crippen LogP) is 3.89. The van der Waals surface area contributed by atoms with Crippen molar-refractivity contribution in [2.45, 2.75) is 19.3 Å². The van der Waals surface area contributed by atoms with Crippen molar-refractivity contribution in [1.29, 1.82) is 0 Å². The van der Waals surface area contributed by atoms with Gasteiger partial charge in [-0.3, -0.25) is 4.79 Å². The van der Waals surface area contributed by atoms with Crippen LogP contribution in [0, 0.1) is 5.92 Å². The Balaban J connectivity index is 1.26. The van der Waals surface area contributed by atoms with Crippen LogP contribution in [0.5, 0.6) is 5.75 Å². The van der Waals surface area contributed by atoms with Crippen molar-refractivity contribution in [3.05, 3.63) is 54.2 Å². The summed E-state index contributed by atoms with van der Waals surface area (Å²) in [5, 5.41) is 9.64. The first-order valence-corrected chi connectivity index (χ1v) is 9.72. The van der Waals surface area contributed by atoms with Gasteiger partial charge in [0.2, 0.25) is 5.91 Å². The van der Waals surface area contributed by atoms with Gasteiger partial charge in [-0.25, -0.2) is 4.79 Å². The number of fused-ring (bicyclic) bond motifs is 1. The van der Waals surface area contributed by atoms with Gasteiger partial charge in [-0.15, -0.1) is 0 Å². The number of carbonyl (C=O) groups is 2. The fourth-order valence-corrected chi connectivity index (χ4v) is 3.20. The molecule has 1 aliphatic carbocycles. The largest absolute Gasteiger partial charge is 0.497 e. The van der Waals surface area contributed by atoms with Crippen LogP contribution in [-0.2, 0) is 11.2 Å². The van der Waals surface area contributed by atoms with Crippen LogP contribution in [0.3, 0.4) is 0 Å². The van der Waals surface area contributed by atoms with E-state index in [-0.39, 0.29) is 17.9 Å². The van der Waals surface area contributed by atoms with Crippen molar-refractivity contribution in [2.24, 2.45) is 5.92 Å². The SMILES string of the molecule is COc1ccc2[nH]cc(CCNC(=O)Nc3ccc(NC(=O)C4CC4)cc3)c2c1. The zero-order valence-electron chi connectivity index (χ0n) is 16.2. The lowest BCUT2D eigenvalue weighted by atomic mass is 10.1. The molecule has 4 rings (SSSR count). The highest BCUT2D eigenvalue weighted by Crippen LogP contribution is 2.30. The second-order valence-corrected chi connectivity index (χ2v) is 7.20. The van der Waals surface area contributed by atoms with E-state index in [1.54, 1.807) is 31.4 Å². The number of ether oxygens (including phenoxy) is 1. The summed E-state index contributed by atoms with van der Waals surface area (Å²) in [6.07, 6.45) is 4.60. The van der Waals surface area contributed by atoms with Gasteiger partial charge in [0, 0.05) is 40.9 Å². The van der Waals surface area contributed by atoms with Crippen LogP contribution in [-0.4, -0.2) is 30.6 Å². The molecule has 0 bridgehead atoms. The van der Waals surface area contributed by atoms with E-state index in [2.05, 4.69) is 20.9 Å². The van der Waals surface area contributed by atoms with Crippen LogP contribution >= 0.6 is 0 Å². The van der Waals surface area contributed by atoms with E-state index in [1.165, 1.54) is 0 Å². The molecule has 0 saturated heterocycles. The lowest BCUT2D eigenvalue weighted by Gasteiger charge is -2.09. The first kappa shape index (κ1) is 18.9. The molecule has 1 fully saturated rings. The van der Waals surface area contributed by atoms with Gasteiger partial charge < -0.3 is 25.7 Å². The fraction of sp³-hybridized carbons (Fsp3) is 0.273. The monoisotopic (exact) mass is 392 g/mol. The third kappa shape index (κ3) is 4.68. The Hall–Kier alpha value is -3.48. The van der Waals surface area contributed by atoms with Gasteiger partial charge in [0.25, 0.3) is 0 Å². The zero-order chi connectivity index (χ0) is 20.2. The molecule has 2 aromatic carbocycles. The van der Waals surface area contributed by atoms with E-state index < -0.39 is 0 Å². The summed E-state index contributed by atoms with van der Waals surface area (Å²) in [5.74, 6) is 1.04. The number of carbonyl (C=O) groups excluding carboxylic acids is 2. The summed E-state index contributed by atoms with van der Waals surface area (Å²) in [4.78, 5) is 27.1. The van der Waals surface area contributed by atoms with Crippen molar-refractivity contribution >= 4 is 34.2 Å². The first-order valence-electron chi connectivity index (χ1n) is 9.72. The van der Waals surface area contributed by atoms with E-state index >= 15 is 0 Å². The van der Waals surface area contributed by atoms with Crippen LogP contribution in [0.2, 0.25) is 0 Å². The van der Waals surface area contributed by atoms with Crippen molar-refractivity contribution in [3.63, 3.8) is 0 Å². The standard InChI is InChI=1S/C22H24N4O3/c1-29-18-8-9-20-19(12-18)15(13-24-20)10-11-23-22(28)26-17-6-4-16(5-7-17)25-21(27)14-2-3-14/h4-9,12-14,24H,2-3,10-11H2,1H3,(H,25,27)(H2,23,26,28). The minimum absolute atomic E-state index is 0.0679. The third-order valence-corrected chi connectivity index (χ3v) is 5.01. The van der Waals surface area contributed by atoms with Crippen molar-refractivity contribution in [1.82, 2.24) is 10.3 Å². The minimum atomic E-state index is -0.266. The molecular formula is C22H24N4O3. The molecule has 29 heavy (non-hydrogen) atoms. The van der Waals surface area contributed by atoms with Crippen LogP contribution in [0.15, 0.2) is 48.7 Å². The van der Waals surface area contributed by atoms with Crippen LogP contribution in [0.4, 0.5) is 16.2 Å². The van der Waals surface area contributed by atoms with E-state index in [4.69, 9.17) is 4.74 Å². The molecular weight excluding hydrogens is 368 g/mol. The molecule has 1 aromatic heterocycles. The van der Waals surface area contributed by atoms with E-state index in [0.717, 1.165) is 40.7 Å². The molecule has 1 aliphatic rings. The second-order valence-electron chi connectivity index (χ2n) is 7.20. The Kier molecular flexibility index (Phi) is 5.37. The lowest BCUT2D eigenvalue weighted by Crippen LogP contribution is -2.30. The summed E-state index contributed by atoms with van der Waals surface area (Å²) in [6.45, 7) is 0.505. The highest BCUT2D eigenvalue weighted by Gasteiger charge is 2.29. The summed E-state index contributed by atoms with van der Waals surface area (Å²) in [7, 11) is 1.65. The highest BCUT2D eigenvalue weighted by molar-refractivity contribution is 5.94. The number of methoxy groups -OCH3 is 1. The van der Waals surface area contributed by atoms with E-state index in [9.17, 15) is 9.59 Å². The average molecular weight is 392 g/mol. The maximum atomic E-state index is 12.1. The number of anilines is 2. The Morgan fingerprint density at radius 2 is 1.79 bits per heavy atom. The summed E-state index contributed by atoms with van der Waals surface area (Å²) < 4.78 is 5.28.